The van der Waals surface area contributed by atoms with Gasteiger partial charge in [0.05, 0.1) is 17.8 Å². The first kappa shape index (κ1) is 24.0. The molecule has 0 aliphatic carbocycles. The van der Waals surface area contributed by atoms with E-state index in [9.17, 15) is 4.79 Å². The van der Waals surface area contributed by atoms with Gasteiger partial charge in [-0.1, -0.05) is 12.1 Å². The van der Waals surface area contributed by atoms with E-state index in [-0.39, 0.29) is 24.4 Å². The summed E-state index contributed by atoms with van der Waals surface area (Å²) in [7, 11) is 1.45. The first-order chi connectivity index (χ1) is 12.3. The van der Waals surface area contributed by atoms with Crippen LogP contribution in [0.25, 0.3) is 0 Å². The molecule has 0 unspecified atom stereocenters. The molecule has 1 amide bonds. The molecule has 1 aliphatic heterocycles. The summed E-state index contributed by atoms with van der Waals surface area (Å²) in [6.07, 6.45) is 4.58. The average Bonchev–Trinajstić information content (AvgIpc) is 2.71. The number of ether oxygens (including phenoxy) is 2. The lowest BCUT2D eigenvalue weighted by molar-refractivity contribution is 0.00578. The standard InChI is InChI=1S/C20H38BNO5/c1-18(2,3)25-17(23)22(8)14-10-9-11-15-24-16-12-13-21-26-19(4,5)20(6,7)27-21/h12-13H,9-11,14-16H2,1-8H3/b13-12+. The van der Waals surface area contributed by atoms with Crippen molar-refractivity contribution in [3.63, 3.8) is 0 Å². The van der Waals surface area contributed by atoms with Gasteiger partial charge >= 0.3 is 13.2 Å². The molecule has 0 aromatic rings. The number of hydrogen-bond acceptors (Lipinski definition) is 5. The monoisotopic (exact) mass is 383 g/mol. The van der Waals surface area contributed by atoms with E-state index >= 15 is 0 Å². The number of carbonyl (C=O) groups excluding carboxylic acids is 1. The predicted octanol–water partition coefficient (Wildman–Crippen LogP) is 4.23. The normalized spacial score (nSPS) is 18.9. The fraction of sp³-hybridized carbons (Fsp3) is 0.850. The SMILES string of the molecule is CN(CCCCCOC/C=C/B1OC(C)(C)C(C)(C)O1)C(=O)OC(C)(C)C. The van der Waals surface area contributed by atoms with E-state index in [0.29, 0.717) is 19.8 Å². The highest BCUT2D eigenvalue weighted by Gasteiger charge is 2.49. The van der Waals surface area contributed by atoms with Gasteiger partial charge in [-0.2, -0.15) is 0 Å². The molecule has 1 aliphatic rings. The van der Waals surface area contributed by atoms with Crippen LogP contribution in [0.5, 0.6) is 0 Å². The van der Waals surface area contributed by atoms with Crippen LogP contribution in [-0.4, -0.2) is 61.7 Å². The minimum absolute atomic E-state index is 0.272. The van der Waals surface area contributed by atoms with Crippen molar-refractivity contribution in [2.45, 2.75) is 84.5 Å². The van der Waals surface area contributed by atoms with E-state index in [0.717, 1.165) is 19.3 Å². The van der Waals surface area contributed by atoms with Gasteiger partial charge in [0.15, 0.2) is 0 Å². The largest absolute Gasteiger partial charge is 0.486 e. The molecule has 1 rings (SSSR count). The number of amides is 1. The molecule has 0 N–H and O–H groups in total. The van der Waals surface area contributed by atoms with Gasteiger partial charge in [0.25, 0.3) is 0 Å². The predicted molar refractivity (Wildman–Crippen MR) is 109 cm³/mol. The quantitative estimate of drug-likeness (QED) is 0.441. The lowest BCUT2D eigenvalue weighted by atomic mass is 9.90. The Kier molecular flexibility index (Phi) is 8.83. The van der Waals surface area contributed by atoms with E-state index in [2.05, 4.69) is 0 Å². The first-order valence-electron chi connectivity index (χ1n) is 9.88. The Labute approximate surface area is 165 Å². The van der Waals surface area contributed by atoms with Crippen molar-refractivity contribution >= 4 is 13.2 Å². The number of rotatable bonds is 9. The average molecular weight is 383 g/mol. The van der Waals surface area contributed by atoms with Gasteiger partial charge in [-0.3, -0.25) is 0 Å². The van der Waals surface area contributed by atoms with Crippen molar-refractivity contribution in [3.8, 4) is 0 Å². The Morgan fingerprint density at radius 1 is 1.07 bits per heavy atom. The fourth-order valence-electron chi connectivity index (χ4n) is 2.45. The number of nitrogens with zero attached hydrogens (tertiary/aromatic N) is 1. The molecule has 7 heteroatoms. The number of carbonyl (C=O) groups is 1. The number of unbranched alkanes of at least 4 members (excludes halogenated alkanes) is 2. The summed E-state index contributed by atoms with van der Waals surface area (Å²) in [4.78, 5) is 13.5. The molecule has 0 atom stereocenters. The summed E-state index contributed by atoms with van der Waals surface area (Å²) in [6.45, 7) is 15.7. The Hall–Kier alpha value is -1.05. The minimum Gasteiger partial charge on any atom is -0.444 e. The van der Waals surface area contributed by atoms with Crippen LogP contribution in [0.15, 0.2) is 12.1 Å². The van der Waals surface area contributed by atoms with Crippen LogP contribution in [0.3, 0.4) is 0 Å². The molecule has 6 nitrogen and oxygen atoms in total. The lowest BCUT2D eigenvalue weighted by Gasteiger charge is -2.32. The zero-order valence-electron chi connectivity index (χ0n) is 18.5. The Bertz CT molecular complexity index is 483. The molecular weight excluding hydrogens is 345 g/mol. The van der Waals surface area contributed by atoms with Crippen molar-refractivity contribution in [2.75, 3.05) is 26.8 Å². The van der Waals surface area contributed by atoms with Crippen LogP contribution < -0.4 is 0 Å². The molecule has 1 heterocycles. The second-order valence-electron chi connectivity index (χ2n) is 9.09. The molecule has 1 saturated heterocycles. The topological polar surface area (TPSA) is 57.2 Å². The third kappa shape index (κ3) is 8.67. The third-order valence-electron chi connectivity index (χ3n) is 4.77. The van der Waals surface area contributed by atoms with Gasteiger partial charge in [0, 0.05) is 20.2 Å². The van der Waals surface area contributed by atoms with Crippen LogP contribution in [0, 0.1) is 0 Å². The van der Waals surface area contributed by atoms with E-state index in [4.69, 9.17) is 18.8 Å². The van der Waals surface area contributed by atoms with E-state index < -0.39 is 5.60 Å². The van der Waals surface area contributed by atoms with E-state index in [1.807, 2.05) is 60.5 Å². The zero-order valence-corrected chi connectivity index (χ0v) is 18.5. The first-order valence-corrected chi connectivity index (χ1v) is 9.88. The molecule has 0 radical (unpaired) electrons. The highest BCUT2D eigenvalue weighted by atomic mass is 16.7. The molecule has 0 aromatic carbocycles. The third-order valence-corrected chi connectivity index (χ3v) is 4.77. The Balaban J connectivity index is 2.06. The Morgan fingerprint density at radius 3 is 2.22 bits per heavy atom. The maximum Gasteiger partial charge on any atom is 0.486 e. The van der Waals surface area contributed by atoms with Gasteiger partial charge in [-0.15, -0.1) is 0 Å². The highest BCUT2D eigenvalue weighted by molar-refractivity contribution is 6.51. The molecule has 0 spiro atoms. The summed E-state index contributed by atoms with van der Waals surface area (Å²) in [5.41, 5.74) is -1.07. The fourth-order valence-corrected chi connectivity index (χ4v) is 2.45. The molecule has 0 bridgehead atoms. The summed E-state index contributed by atoms with van der Waals surface area (Å²) in [5.74, 6) is 1.91. The lowest BCUT2D eigenvalue weighted by Crippen LogP contribution is -2.41. The maximum absolute atomic E-state index is 11.8. The molecule has 1 fully saturated rings. The number of hydrogen-bond donors (Lipinski definition) is 0. The highest BCUT2D eigenvalue weighted by Crippen LogP contribution is 2.36. The summed E-state index contributed by atoms with van der Waals surface area (Å²) >= 11 is 0. The molecule has 156 valence electrons. The molecular formula is C20H38BNO5. The van der Waals surface area contributed by atoms with Crippen LogP contribution in [0.2, 0.25) is 0 Å². The van der Waals surface area contributed by atoms with Gasteiger partial charge in [-0.25, -0.2) is 4.79 Å². The van der Waals surface area contributed by atoms with Crippen molar-refractivity contribution in [3.05, 3.63) is 12.1 Å². The van der Waals surface area contributed by atoms with Crippen molar-refractivity contribution < 1.29 is 23.6 Å². The van der Waals surface area contributed by atoms with Gasteiger partial charge in [-0.05, 0) is 67.7 Å². The van der Waals surface area contributed by atoms with E-state index in [1.54, 1.807) is 11.9 Å². The summed E-state index contributed by atoms with van der Waals surface area (Å²) in [5, 5.41) is 0. The van der Waals surface area contributed by atoms with E-state index in [1.165, 1.54) is 0 Å². The zero-order chi connectivity index (χ0) is 20.7. The van der Waals surface area contributed by atoms with Crippen LogP contribution >= 0.6 is 0 Å². The maximum atomic E-state index is 11.8. The Morgan fingerprint density at radius 2 is 1.67 bits per heavy atom. The minimum atomic E-state index is -0.452. The second-order valence-corrected chi connectivity index (χ2v) is 9.09. The second kappa shape index (κ2) is 9.94. The van der Waals surface area contributed by atoms with Gasteiger partial charge in [0.1, 0.15) is 5.60 Å². The van der Waals surface area contributed by atoms with Crippen LogP contribution in [0.1, 0.15) is 67.7 Å². The summed E-state index contributed by atoms with van der Waals surface area (Å²) < 4.78 is 22.7. The van der Waals surface area contributed by atoms with Crippen molar-refractivity contribution in [1.82, 2.24) is 4.90 Å². The molecule has 27 heavy (non-hydrogen) atoms. The van der Waals surface area contributed by atoms with Crippen molar-refractivity contribution in [1.29, 1.82) is 0 Å². The summed E-state index contributed by atoms with van der Waals surface area (Å²) in [6, 6.07) is 0. The molecule has 0 aromatic heterocycles. The van der Waals surface area contributed by atoms with Crippen LogP contribution in [0.4, 0.5) is 4.79 Å². The smallest absolute Gasteiger partial charge is 0.444 e. The van der Waals surface area contributed by atoms with Crippen LogP contribution in [-0.2, 0) is 18.8 Å². The molecule has 0 saturated carbocycles. The van der Waals surface area contributed by atoms with Gasteiger partial charge in [0.2, 0.25) is 0 Å². The van der Waals surface area contributed by atoms with Gasteiger partial charge < -0.3 is 23.7 Å². The van der Waals surface area contributed by atoms with Crippen molar-refractivity contribution in [2.24, 2.45) is 0 Å².